The summed E-state index contributed by atoms with van der Waals surface area (Å²) < 4.78 is 11.2. The lowest BCUT2D eigenvalue weighted by Gasteiger charge is -2.57. The van der Waals surface area contributed by atoms with Crippen molar-refractivity contribution in [1.82, 2.24) is 15.1 Å². The van der Waals surface area contributed by atoms with Crippen LogP contribution in [-0.4, -0.2) is 74.0 Å². The average molecular weight is 568 g/mol. The summed E-state index contributed by atoms with van der Waals surface area (Å²) in [5.74, 6) is 2.29. The molecule has 4 fully saturated rings. The molecule has 2 bridgehead atoms. The SMILES string of the molecule is COc1ccc(OC)c(CN[C@H]2[C@H]3CCN(C[C@@H]3C(=O)N3CCC(=O)CC3)[C@H]2C(c2ccccc2)c2ccccc2)c1. The fourth-order valence-corrected chi connectivity index (χ4v) is 7.49. The first-order valence-corrected chi connectivity index (χ1v) is 15.2. The van der Waals surface area contributed by atoms with Gasteiger partial charge in [-0.2, -0.15) is 0 Å². The van der Waals surface area contributed by atoms with Crippen LogP contribution in [0, 0.1) is 11.8 Å². The zero-order valence-electron chi connectivity index (χ0n) is 24.6. The van der Waals surface area contributed by atoms with Crippen molar-refractivity contribution in [1.29, 1.82) is 0 Å². The van der Waals surface area contributed by atoms with Crippen LogP contribution in [0.5, 0.6) is 11.5 Å². The number of piperidine rings is 4. The molecule has 4 heterocycles. The van der Waals surface area contributed by atoms with Crippen LogP contribution in [0.3, 0.4) is 0 Å². The standard InChI is InChI=1S/C35H41N3O4/c1-41-28-13-14-31(42-2)26(21-28)22-36-33-29-17-20-38(23-30(29)35(40)37-18-15-27(39)16-19-37)34(33)32(24-9-5-3-6-10-24)25-11-7-4-8-12-25/h3-14,21,29-30,32-34,36H,15-20,22-23H2,1-2H3/t29-,30-,33-,34-/m0/s1. The molecule has 4 aliphatic heterocycles. The summed E-state index contributed by atoms with van der Waals surface area (Å²) in [6, 6.07) is 27.7. The van der Waals surface area contributed by atoms with E-state index in [9.17, 15) is 9.59 Å². The van der Waals surface area contributed by atoms with E-state index in [-0.39, 0.29) is 41.5 Å². The summed E-state index contributed by atoms with van der Waals surface area (Å²) in [5, 5.41) is 3.96. The van der Waals surface area contributed by atoms with E-state index in [4.69, 9.17) is 9.47 Å². The van der Waals surface area contributed by atoms with Crippen molar-refractivity contribution in [3.8, 4) is 11.5 Å². The normalized spacial score (nSPS) is 25.5. The van der Waals surface area contributed by atoms with Crippen molar-refractivity contribution in [3.63, 3.8) is 0 Å². The number of fused-ring (bicyclic) bond motifs is 3. The molecule has 7 nitrogen and oxygen atoms in total. The smallest absolute Gasteiger partial charge is 0.227 e. The van der Waals surface area contributed by atoms with Crippen LogP contribution in [0.2, 0.25) is 0 Å². The molecular weight excluding hydrogens is 526 g/mol. The van der Waals surface area contributed by atoms with Gasteiger partial charge in [-0.1, -0.05) is 60.7 Å². The topological polar surface area (TPSA) is 71.1 Å². The van der Waals surface area contributed by atoms with Crippen molar-refractivity contribution in [2.45, 2.75) is 43.8 Å². The Bertz CT molecular complexity index is 1330. The highest BCUT2D eigenvalue weighted by Gasteiger charge is 2.53. The lowest BCUT2D eigenvalue weighted by atomic mass is 9.66. The van der Waals surface area contributed by atoms with E-state index in [1.54, 1.807) is 14.2 Å². The van der Waals surface area contributed by atoms with Gasteiger partial charge in [0.25, 0.3) is 0 Å². The zero-order valence-corrected chi connectivity index (χ0v) is 24.6. The number of ether oxygens (including phenoxy) is 2. The zero-order chi connectivity index (χ0) is 29.1. The second kappa shape index (κ2) is 12.7. The van der Waals surface area contributed by atoms with E-state index < -0.39 is 0 Å². The molecule has 0 spiro atoms. The molecule has 1 N–H and O–H groups in total. The molecular formula is C35H41N3O4. The maximum Gasteiger partial charge on any atom is 0.227 e. The molecule has 0 aromatic heterocycles. The largest absolute Gasteiger partial charge is 0.497 e. The second-order valence-corrected chi connectivity index (χ2v) is 11.8. The Hall–Kier alpha value is -3.68. The molecule has 0 saturated carbocycles. The van der Waals surface area contributed by atoms with Crippen LogP contribution in [0.1, 0.15) is 41.9 Å². The number of nitrogens with zero attached hydrogens (tertiary/aromatic N) is 2. The Labute approximate surface area is 248 Å². The quantitative estimate of drug-likeness (QED) is 0.411. The third-order valence-corrected chi connectivity index (χ3v) is 9.57. The van der Waals surface area contributed by atoms with E-state index in [0.29, 0.717) is 32.5 Å². The fraction of sp³-hybridized carbons (Fsp3) is 0.429. The highest BCUT2D eigenvalue weighted by atomic mass is 16.5. The number of Topliss-reactive ketones (excluding diaryl/α,β-unsaturated/α-hetero) is 1. The van der Waals surface area contributed by atoms with Crippen molar-refractivity contribution >= 4 is 11.7 Å². The van der Waals surface area contributed by atoms with Crippen molar-refractivity contribution in [2.24, 2.45) is 11.8 Å². The minimum absolute atomic E-state index is 0.0641. The van der Waals surface area contributed by atoms with Gasteiger partial charge in [-0.25, -0.2) is 0 Å². The molecule has 4 aliphatic rings. The van der Waals surface area contributed by atoms with E-state index in [1.165, 1.54) is 11.1 Å². The molecule has 7 heteroatoms. The minimum atomic E-state index is -0.0971. The number of amides is 1. The van der Waals surface area contributed by atoms with Crippen molar-refractivity contribution in [3.05, 3.63) is 95.6 Å². The van der Waals surface area contributed by atoms with Gasteiger partial charge in [0.05, 0.1) is 20.1 Å². The summed E-state index contributed by atoms with van der Waals surface area (Å²) in [6.07, 6.45) is 1.90. The average Bonchev–Trinajstić information content (AvgIpc) is 3.05. The van der Waals surface area contributed by atoms with Gasteiger partial charge in [0.1, 0.15) is 17.3 Å². The lowest BCUT2D eigenvalue weighted by molar-refractivity contribution is -0.148. The van der Waals surface area contributed by atoms with Crippen LogP contribution >= 0.6 is 0 Å². The molecule has 7 rings (SSSR count). The van der Waals surface area contributed by atoms with Gasteiger partial charge >= 0.3 is 0 Å². The summed E-state index contributed by atoms with van der Waals surface area (Å²) >= 11 is 0. The third-order valence-electron chi connectivity index (χ3n) is 9.57. The number of ketones is 1. The number of hydrogen-bond donors (Lipinski definition) is 1. The minimum Gasteiger partial charge on any atom is -0.497 e. The Morgan fingerprint density at radius 3 is 2.19 bits per heavy atom. The number of hydrogen-bond acceptors (Lipinski definition) is 6. The predicted octanol–water partition coefficient (Wildman–Crippen LogP) is 4.51. The Morgan fingerprint density at radius 2 is 1.57 bits per heavy atom. The van der Waals surface area contributed by atoms with Gasteiger partial charge in [-0.15, -0.1) is 0 Å². The molecule has 3 aromatic carbocycles. The number of carbonyl (C=O) groups excluding carboxylic acids is 2. The van der Waals surface area contributed by atoms with Gasteiger partial charge in [0.15, 0.2) is 0 Å². The first-order chi connectivity index (χ1) is 20.6. The first-order valence-electron chi connectivity index (χ1n) is 15.2. The first kappa shape index (κ1) is 28.4. The lowest BCUT2D eigenvalue weighted by Crippen LogP contribution is -2.69. The number of likely N-dealkylation sites (tertiary alicyclic amines) is 1. The van der Waals surface area contributed by atoms with Gasteiger partial charge in [0, 0.05) is 62.6 Å². The number of methoxy groups -OCH3 is 2. The molecule has 42 heavy (non-hydrogen) atoms. The highest BCUT2D eigenvalue weighted by molar-refractivity contribution is 5.85. The number of carbonyl (C=O) groups is 2. The summed E-state index contributed by atoms with van der Waals surface area (Å²) in [5.41, 5.74) is 3.59. The van der Waals surface area contributed by atoms with Crippen LogP contribution in [-0.2, 0) is 16.1 Å². The van der Waals surface area contributed by atoms with Crippen LogP contribution in [0.25, 0.3) is 0 Å². The van der Waals surface area contributed by atoms with Crippen LogP contribution in [0.4, 0.5) is 0 Å². The maximum atomic E-state index is 14.0. The number of nitrogens with one attached hydrogen (secondary N) is 1. The number of rotatable bonds is 9. The molecule has 220 valence electrons. The van der Waals surface area contributed by atoms with E-state index in [2.05, 4.69) is 70.9 Å². The van der Waals surface area contributed by atoms with E-state index >= 15 is 0 Å². The molecule has 5 atom stereocenters. The highest BCUT2D eigenvalue weighted by Crippen LogP contribution is 2.45. The van der Waals surface area contributed by atoms with Crippen LogP contribution < -0.4 is 14.8 Å². The van der Waals surface area contributed by atoms with E-state index in [1.807, 2.05) is 23.1 Å². The monoisotopic (exact) mass is 567 g/mol. The molecule has 1 unspecified atom stereocenters. The molecule has 0 aliphatic carbocycles. The van der Waals surface area contributed by atoms with E-state index in [0.717, 1.165) is 36.6 Å². The Balaban J connectivity index is 1.37. The summed E-state index contributed by atoms with van der Waals surface area (Å²) in [6.45, 7) is 3.39. The summed E-state index contributed by atoms with van der Waals surface area (Å²) in [7, 11) is 3.37. The van der Waals surface area contributed by atoms with Gasteiger partial charge in [-0.3, -0.25) is 14.5 Å². The van der Waals surface area contributed by atoms with Crippen molar-refractivity contribution in [2.75, 3.05) is 40.4 Å². The van der Waals surface area contributed by atoms with Crippen molar-refractivity contribution < 1.29 is 19.1 Å². The molecule has 0 radical (unpaired) electrons. The molecule has 3 aromatic rings. The molecule has 1 amide bonds. The van der Waals surface area contributed by atoms with Gasteiger partial charge in [0.2, 0.25) is 5.91 Å². The van der Waals surface area contributed by atoms with Gasteiger partial charge in [-0.05, 0) is 48.2 Å². The third kappa shape index (κ3) is 5.68. The fourth-order valence-electron chi connectivity index (χ4n) is 7.49. The van der Waals surface area contributed by atoms with Crippen LogP contribution in [0.15, 0.2) is 78.9 Å². The predicted molar refractivity (Wildman–Crippen MR) is 163 cm³/mol. The molecule has 4 saturated heterocycles. The second-order valence-electron chi connectivity index (χ2n) is 11.8. The van der Waals surface area contributed by atoms with Gasteiger partial charge < -0.3 is 19.7 Å². The summed E-state index contributed by atoms with van der Waals surface area (Å²) in [4.78, 5) is 30.4. The Kier molecular flexibility index (Phi) is 8.58. The Morgan fingerprint density at radius 1 is 0.905 bits per heavy atom. The number of benzene rings is 3. The maximum absolute atomic E-state index is 14.0.